The minimum Gasteiger partial charge on any atom is -0.348 e. The monoisotopic (exact) mass is 289 g/mol. The van der Waals surface area contributed by atoms with Crippen LogP contribution in [0.3, 0.4) is 0 Å². The lowest BCUT2D eigenvalue weighted by Crippen LogP contribution is -2.23. The van der Waals surface area contributed by atoms with Crippen LogP contribution in [0.4, 0.5) is 4.39 Å². The maximum atomic E-state index is 13.6. The Bertz CT molecular complexity index is 697. The molecule has 20 heavy (non-hydrogen) atoms. The molecule has 0 radical (unpaired) electrons. The number of nitrogens with one attached hydrogen (secondary N) is 1. The average Bonchev–Trinajstić information content (AvgIpc) is 2.46. The molecule has 1 N–H and O–H groups in total. The molecule has 2 aromatic rings. The van der Waals surface area contributed by atoms with E-state index in [0.717, 1.165) is 6.07 Å². The zero-order chi connectivity index (χ0) is 14.5. The number of pyridine rings is 1. The first kappa shape index (κ1) is 14.0. The Labute approximate surface area is 119 Å². The van der Waals surface area contributed by atoms with Crippen LogP contribution >= 0.6 is 11.6 Å². The van der Waals surface area contributed by atoms with Crippen molar-refractivity contribution in [2.75, 3.05) is 0 Å². The summed E-state index contributed by atoms with van der Waals surface area (Å²) in [4.78, 5) is 15.7. The molecule has 1 aromatic carbocycles. The summed E-state index contributed by atoms with van der Waals surface area (Å²) >= 11 is 5.86. The number of aromatic nitrogens is 1. The maximum Gasteiger partial charge on any atom is 0.254 e. The van der Waals surface area contributed by atoms with Gasteiger partial charge in [0.15, 0.2) is 0 Å². The standard InChI is InChI=1S/C14H9ClFN3O/c15-12-3-4-18-8-11(12)14(20)19-7-10-2-1-9(6-17)5-13(10)16/h1-5,8H,7H2,(H,19,20). The normalized spacial score (nSPS) is 9.85. The first-order valence-electron chi connectivity index (χ1n) is 5.68. The molecular weight excluding hydrogens is 281 g/mol. The highest BCUT2D eigenvalue weighted by atomic mass is 35.5. The summed E-state index contributed by atoms with van der Waals surface area (Å²) in [7, 11) is 0. The van der Waals surface area contributed by atoms with Gasteiger partial charge in [0, 0.05) is 24.5 Å². The Morgan fingerprint density at radius 1 is 1.45 bits per heavy atom. The van der Waals surface area contributed by atoms with Crippen molar-refractivity contribution in [1.29, 1.82) is 5.26 Å². The molecule has 0 unspecified atom stereocenters. The molecule has 1 amide bonds. The number of benzene rings is 1. The first-order chi connectivity index (χ1) is 9.61. The lowest BCUT2D eigenvalue weighted by molar-refractivity contribution is 0.0950. The Morgan fingerprint density at radius 3 is 2.90 bits per heavy atom. The summed E-state index contributed by atoms with van der Waals surface area (Å²) in [6.45, 7) is 0.00159. The van der Waals surface area contributed by atoms with Crippen molar-refractivity contribution in [3.8, 4) is 6.07 Å². The highest BCUT2D eigenvalue weighted by Crippen LogP contribution is 2.14. The molecule has 0 saturated heterocycles. The van der Waals surface area contributed by atoms with E-state index < -0.39 is 11.7 Å². The van der Waals surface area contributed by atoms with Crippen LogP contribution in [0.2, 0.25) is 5.02 Å². The molecule has 1 heterocycles. The predicted octanol–water partition coefficient (Wildman–Crippen LogP) is 2.68. The molecular formula is C14H9ClFN3O. The zero-order valence-electron chi connectivity index (χ0n) is 10.2. The fourth-order valence-corrected chi connectivity index (χ4v) is 1.77. The number of carbonyl (C=O) groups is 1. The molecule has 100 valence electrons. The summed E-state index contributed by atoms with van der Waals surface area (Å²) in [5, 5.41) is 11.5. The van der Waals surface area contributed by atoms with E-state index in [0.29, 0.717) is 0 Å². The number of carbonyl (C=O) groups excluding carboxylic acids is 1. The van der Waals surface area contributed by atoms with Crippen LogP contribution in [-0.2, 0) is 6.54 Å². The second-order valence-electron chi connectivity index (χ2n) is 3.96. The maximum absolute atomic E-state index is 13.6. The third kappa shape index (κ3) is 3.11. The smallest absolute Gasteiger partial charge is 0.254 e. The van der Waals surface area contributed by atoms with Crippen LogP contribution in [0.1, 0.15) is 21.5 Å². The van der Waals surface area contributed by atoms with Gasteiger partial charge in [-0.1, -0.05) is 17.7 Å². The minimum atomic E-state index is -0.540. The van der Waals surface area contributed by atoms with Crippen molar-refractivity contribution in [2.24, 2.45) is 0 Å². The Hall–Kier alpha value is -2.45. The van der Waals surface area contributed by atoms with Gasteiger partial charge in [0.2, 0.25) is 0 Å². The SMILES string of the molecule is N#Cc1ccc(CNC(=O)c2cnccc2Cl)c(F)c1. The van der Waals surface area contributed by atoms with Gasteiger partial charge in [-0.3, -0.25) is 9.78 Å². The van der Waals surface area contributed by atoms with Gasteiger partial charge in [0.25, 0.3) is 5.91 Å². The lowest BCUT2D eigenvalue weighted by atomic mass is 10.1. The van der Waals surface area contributed by atoms with Crippen LogP contribution in [0, 0.1) is 17.1 Å². The third-order valence-electron chi connectivity index (χ3n) is 2.63. The molecule has 0 atom stereocenters. The van der Waals surface area contributed by atoms with E-state index >= 15 is 0 Å². The summed E-state index contributed by atoms with van der Waals surface area (Å²) in [5.74, 6) is -0.978. The van der Waals surface area contributed by atoms with Crippen molar-refractivity contribution in [3.05, 3.63) is 64.2 Å². The average molecular weight is 290 g/mol. The van der Waals surface area contributed by atoms with E-state index in [-0.39, 0.29) is 28.3 Å². The van der Waals surface area contributed by atoms with Gasteiger partial charge >= 0.3 is 0 Å². The molecule has 0 spiro atoms. The number of nitrogens with zero attached hydrogens (tertiary/aromatic N) is 2. The Kier molecular flexibility index (Phi) is 4.28. The second-order valence-corrected chi connectivity index (χ2v) is 4.36. The molecule has 0 fully saturated rings. The number of amides is 1. The van der Waals surface area contributed by atoms with E-state index in [2.05, 4.69) is 10.3 Å². The van der Waals surface area contributed by atoms with Gasteiger partial charge in [-0.05, 0) is 18.2 Å². The van der Waals surface area contributed by atoms with Crippen molar-refractivity contribution in [3.63, 3.8) is 0 Å². The van der Waals surface area contributed by atoms with Gasteiger partial charge in [-0.25, -0.2) is 4.39 Å². The van der Waals surface area contributed by atoms with Crippen LogP contribution in [0.5, 0.6) is 0 Å². The first-order valence-corrected chi connectivity index (χ1v) is 6.06. The third-order valence-corrected chi connectivity index (χ3v) is 2.96. The van der Waals surface area contributed by atoms with E-state index in [1.165, 1.54) is 30.6 Å². The van der Waals surface area contributed by atoms with E-state index in [9.17, 15) is 9.18 Å². The van der Waals surface area contributed by atoms with Crippen molar-refractivity contribution >= 4 is 17.5 Å². The zero-order valence-corrected chi connectivity index (χ0v) is 11.0. The van der Waals surface area contributed by atoms with Crippen LogP contribution in [-0.4, -0.2) is 10.9 Å². The number of nitriles is 1. The van der Waals surface area contributed by atoms with Crippen molar-refractivity contribution in [2.45, 2.75) is 6.54 Å². The van der Waals surface area contributed by atoms with Crippen molar-refractivity contribution < 1.29 is 9.18 Å². The van der Waals surface area contributed by atoms with E-state index in [1.807, 2.05) is 6.07 Å². The minimum absolute atomic E-state index is 0.00159. The second kappa shape index (κ2) is 6.13. The van der Waals surface area contributed by atoms with Crippen LogP contribution in [0.15, 0.2) is 36.7 Å². The molecule has 6 heteroatoms. The summed E-state index contributed by atoms with van der Waals surface area (Å²) in [5.41, 5.74) is 0.744. The Morgan fingerprint density at radius 2 is 2.25 bits per heavy atom. The topological polar surface area (TPSA) is 65.8 Å². The van der Waals surface area contributed by atoms with Gasteiger partial charge in [0.1, 0.15) is 5.82 Å². The summed E-state index contributed by atoms with van der Waals surface area (Å²) < 4.78 is 13.6. The molecule has 2 rings (SSSR count). The highest BCUT2D eigenvalue weighted by molar-refractivity contribution is 6.33. The molecule has 0 bridgehead atoms. The molecule has 0 aliphatic carbocycles. The molecule has 1 aromatic heterocycles. The summed E-state index contributed by atoms with van der Waals surface area (Å²) in [6, 6.07) is 7.41. The van der Waals surface area contributed by atoms with Crippen LogP contribution in [0.25, 0.3) is 0 Å². The molecule has 0 aliphatic rings. The fourth-order valence-electron chi connectivity index (χ4n) is 1.58. The van der Waals surface area contributed by atoms with E-state index in [1.54, 1.807) is 0 Å². The Balaban J connectivity index is 2.08. The molecule has 0 aliphatic heterocycles. The number of rotatable bonds is 3. The summed E-state index contributed by atoms with van der Waals surface area (Å²) in [6.07, 6.45) is 2.81. The number of hydrogen-bond acceptors (Lipinski definition) is 3. The van der Waals surface area contributed by atoms with Gasteiger partial charge in [0.05, 0.1) is 22.2 Å². The van der Waals surface area contributed by atoms with Gasteiger partial charge < -0.3 is 5.32 Å². The van der Waals surface area contributed by atoms with Gasteiger partial charge in [-0.15, -0.1) is 0 Å². The number of hydrogen-bond donors (Lipinski definition) is 1. The lowest BCUT2D eigenvalue weighted by Gasteiger charge is -2.07. The molecule has 0 saturated carbocycles. The predicted molar refractivity (Wildman–Crippen MR) is 71.5 cm³/mol. The van der Waals surface area contributed by atoms with Crippen LogP contribution < -0.4 is 5.32 Å². The van der Waals surface area contributed by atoms with E-state index in [4.69, 9.17) is 16.9 Å². The fraction of sp³-hybridized carbons (Fsp3) is 0.0714. The van der Waals surface area contributed by atoms with Crippen molar-refractivity contribution in [1.82, 2.24) is 10.3 Å². The largest absolute Gasteiger partial charge is 0.348 e. The molecule has 4 nitrogen and oxygen atoms in total. The quantitative estimate of drug-likeness (QED) is 0.944. The number of halogens is 2. The van der Waals surface area contributed by atoms with Gasteiger partial charge in [-0.2, -0.15) is 5.26 Å². The highest BCUT2D eigenvalue weighted by Gasteiger charge is 2.11.